The standard InChI is InChI=1S/C35H40I2N2O5Si/c1-22-33(45(3,4)28-13-11-27(43-2)12-14-28)31(19-32(41)38-16-6-9-26(38)21-40)44-35(22)29-18-25(37)10-15-30(29)39(34(35)42)20-23-7-5-8-24(36)17-23/h5,7-8,10-15,17-18,22,26,31,33,40H,6,9,16,19-21H2,1-4H3/t22-,26-,31+,33-,35+/m0/s1. The Labute approximate surface area is 294 Å². The van der Waals surface area contributed by atoms with Crippen LogP contribution in [0.15, 0.2) is 66.7 Å². The van der Waals surface area contributed by atoms with Gasteiger partial charge in [0, 0.05) is 25.2 Å². The van der Waals surface area contributed by atoms with Gasteiger partial charge >= 0.3 is 0 Å². The van der Waals surface area contributed by atoms with Crippen LogP contribution in [-0.2, 0) is 26.5 Å². The van der Waals surface area contributed by atoms with E-state index in [1.165, 1.54) is 5.19 Å². The first kappa shape index (κ1) is 32.9. The summed E-state index contributed by atoms with van der Waals surface area (Å²) >= 11 is 4.62. The van der Waals surface area contributed by atoms with Crippen LogP contribution in [0.1, 0.15) is 37.3 Å². The van der Waals surface area contributed by atoms with Gasteiger partial charge in [0.2, 0.25) is 5.91 Å². The Bertz CT molecular complexity index is 1600. The fourth-order valence-electron chi connectivity index (χ4n) is 8.10. The number of amides is 2. The summed E-state index contributed by atoms with van der Waals surface area (Å²) in [6.45, 7) is 7.88. The first-order chi connectivity index (χ1) is 21.5. The number of rotatable bonds is 8. The Morgan fingerprint density at radius 3 is 2.51 bits per heavy atom. The molecule has 3 aromatic rings. The van der Waals surface area contributed by atoms with Gasteiger partial charge in [0.15, 0.2) is 5.60 Å². The molecule has 3 aliphatic heterocycles. The van der Waals surface area contributed by atoms with Crippen molar-refractivity contribution in [3.8, 4) is 5.75 Å². The number of hydrogen-bond acceptors (Lipinski definition) is 5. The van der Waals surface area contributed by atoms with Gasteiger partial charge in [0.1, 0.15) is 5.75 Å². The molecule has 238 valence electrons. The number of halogens is 2. The van der Waals surface area contributed by atoms with Crippen LogP contribution in [0.5, 0.6) is 5.75 Å². The van der Waals surface area contributed by atoms with E-state index in [1.807, 2.05) is 40.1 Å². The number of aliphatic hydroxyl groups is 1. The molecule has 0 aromatic heterocycles. The number of aliphatic hydroxyl groups excluding tert-OH is 1. The second-order valence-corrected chi connectivity index (χ2v) is 20.3. The maximum absolute atomic E-state index is 14.9. The maximum atomic E-state index is 14.9. The topological polar surface area (TPSA) is 79.3 Å². The van der Waals surface area contributed by atoms with Gasteiger partial charge in [-0.2, -0.15) is 0 Å². The molecule has 1 N–H and O–H groups in total. The van der Waals surface area contributed by atoms with Crippen LogP contribution in [0.4, 0.5) is 5.69 Å². The van der Waals surface area contributed by atoms with Gasteiger partial charge in [-0.05, 0) is 112 Å². The molecule has 2 fully saturated rings. The Morgan fingerprint density at radius 2 is 1.82 bits per heavy atom. The van der Waals surface area contributed by atoms with E-state index in [0.717, 1.165) is 42.5 Å². The molecule has 6 rings (SSSR count). The van der Waals surface area contributed by atoms with Crippen molar-refractivity contribution in [3.05, 3.63) is 85.0 Å². The monoisotopic (exact) mass is 850 g/mol. The number of fused-ring (bicyclic) bond motifs is 2. The summed E-state index contributed by atoms with van der Waals surface area (Å²) in [5.41, 5.74) is 1.60. The number of carbonyl (C=O) groups is 2. The number of likely N-dealkylation sites (tertiary alicyclic amines) is 1. The third kappa shape index (κ3) is 5.76. The SMILES string of the molecule is COc1ccc([Si](C)(C)[C@@H]2[C@@H](CC(=O)N3CCC[C@H]3CO)O[C@]3(C(=O)N(Cc4cccc(I)c4)c4ccc(I)cc43)[C@H]2C)cc1. The Kier molecular flexibility index (Phi) is 9.43. The summed E-state index contributed by atoms with van der Waals surface area (Å²) in [6.07, 6.45) is 1.42. The molecule has 3 aromatic carbocycles. The minimum absolute atomic E-state index is 0.00522. The molecule has 7 nitrogen and oxygen atoms in total. The first-order valence-corrected chi connectivity index (χ1v) is 20.8. The molecule has 3 aliphatic rings. The first-order valence-electron chi connectivity index (χ1n) is 15.6. The molecule has 3 heterocycles. The molecular weight excluding hydrogens is 810 g/mol. The smallest absolute Gasteiger partial charge is 0.264 e. The molecule has 10 heteroatoms. The maximum Gasteiger partial charge on any atom is 0.264 e. The molecule has 0 bridgehead atoms. The Hall–Kier alpha value is -2.00. The van der Waals surface area contributed by atoms with Gasteiger partial charge in [-0.3, -0.25) is 9.59 Å². The lowest BCUT2D eigenvalue weighted by Gasteiger charge is -2.37. The van der Waals surface area contributed by atoms with Crippen LogP contribution in [0.3, 0.4) is 0 Å². The summed E-state index contributed by atoms with van der Waals surface area (Å²) in [7, 11) is -0.709. The second kappa shape index (κ2) is 12.9. The highest BCUT2D eigenvalue weighted by molar-refractivity contribution is 14.1. The summed E-state index contributed by atoms with van der Waals surface area (Å²) < 4.78 is 14.8. The number of ether oxygens (including phenoxy) is 2. The van der Waals surface area contributed by atoms with Crippen LogP contribution < -0.4 is 14.8 Å². The van der Waals surface area contributed by atoms with E-state index in [2.05, 4.69) is 102 Å². The van der Waals surface area contributed by atoms with Crippen molar-refractivity contribution in [1.82, 2.24) is 4.90 Å². The zero-order valence-electron chi connectivity index (χ0n) is 26.1. The molecule has 0 unspecified atom stereocenters. The summed E-state index contributed by atoms with van der Waals surface area (Å²) in [4.78, 5) is 32.6. The molecule has 1 spiro atoms. The van der Waals surface area contributed by atoms with Gasteiger partial charge in [-0.25, -0.2) is 0 Å². The predicted molar refractivity (Wildman–Crippen MR) is 196 cm³/mol. The van der Waals surface area contributed by atoms with Crippen molar-refractivity contribution in [2.75, 3.05) is 25.2 Å². The molecule has 5 atom stereocenters. The van der Waals surface area contributed by atoms with Crippen molar-refractivity contribution in [2.24, 2.45) is 5.92 Å². The van der Waals surface area contributed by atoms with E-state index >= 15 is 0 Å². The van der Waals surface area contributed by atoms with Gasteiger partial charge in [0.05, 0.1) is 52.6 Å². The molecule has 45 heavy (non-hydrogen) atoms. The van der Waals surface area contributed by atoms with Crippen molar-refractivity contribution in [2.45, 2.75) is 69.1 Å². The molecule has 0 radical (unpaired) electrons. The quantitative estimate of drug-likeness (QED) is 0.221. The number of carbonyl (C=O) groups excluding carboxylic acids is 2. The fourth-order valence-corrected chi connectivity index (χ4v) is 13.2. The van der Waals surface area contributed by atoms with E-state index in [0.29, 0.717) is 13.1 Å². The van der Waals surface area contributed by atoms with Crippen LogP contribution in [0.25, 0.3) is 0 Å². The molecule has 0 saturated carbocycles. The van der Waals surface area contributed by atoms with E-state index in [1.54, 1.807) is 7.11 Å². The zero-order valence-corrected chi connectivity index (χ0v) is 31.4. The third-order valence-electron chi connectivity index (χ3n) is 10.3. The van der Waals surface area contributed by atoms with Crippen molar-refractivity contribution in [1.29, 1.82) is 0 Å². The molecular formula is C35H40I2N2O5Si. The third-order valence-corrected chi connectivity index (χ3v) is 16.0. The van der Waals surface area contributed by atoms with E-state index in [-0.39, 0.29) is 42.3 Å². The lowest BCUT2D eigenvalue weighted by atomic mass is 9.82. The normalized spacial score (nSPS) is 26.2. The van der Waals surface area contributed by atoms with Gasteiger partial charge < -0.3 is 24.4 Å². The number of methoxy groups -OCH3 is 1. The summed E-state index contributed by atoms with van der Waals surface area (Å²) in [6, 6.07) is 22.6. The lowest BCUT2D eigenvalue weighted by molar-refractivity contribution is -0.150. The number of hydrogen-bond donors (Lipinski definition) is 1. The van der Waals surface area contributed by atoms with Gasteiger partial charge in [-0.15, -0.1) is 0 Å². The molecule has 2 amide bonds. The fraction of sp³-hybridized carbons (Fsp3) is 0.429. The van der Waals surface area contributed by atoms with Crippen LogP contribution in [0.2, 0.25) is 18.6 Å². The number of benzene rings is 3. The van der Waals surface area contributed by atoms with Gasteiger partial charge in [-0.1, -0.05) is 49.5 Å². The van der Waals surface area contributed by atoms with E-state index < -0.39 is 19.8 Å². The molecule has 2 saturated heterocycles. The molecule has 0 aliphatic carbocycles. The predicted octanol–water partition coefficient (Wildman–Crippen LogP) is 6.04. The Morgan fingerprint density at radius 1 is 1.09 bits per heavy atom. The van der Waals surface area contributed by atoms with Crippen molar-refractivity contribution < 1.29 is 24.2 Å². The van der Waals surface area contributed by atoms with Crippen molar-refractivity contribution >= 4 is 75.9 Å². The van der Waals surface area contributed by atoms with Gasteiger partial charge in [0.25, 0.3) is 5.91 Å². The minimum atomic E-state index is -2.38. The summed E-state index contributed by atoms with van der Waals surface area (Å²) in [5, 5.41) is 11.2. The highest BCUT2D eigenvalue weighted by Gasteiger charge is 2.66. The zero-order chi connectivity index (χ0) is 32.1. The minimum Gasteiger partial charge on any atom is -0.497 e. The second-order valence-electron chi connectivity index (χ2n) is 13.1. The lowest BCUT2D eigenvalue weighted by Crippen LogP contribution is -2.52. The summed E-state index contributed by atoms with van der Waals surface area (Å²) in [5.74, 6) is 0.554. The van der Waals surface area contributed by atoms with E-state index in [4.69, 9.17) is 9.47 Å². The average Bonchev–Trinajstić information content (AvgIpc) is 3.68. The Balaban J connectivity index is 1.44. The van der Waals surface area contributed by atoms with Crippen LogP contribution >= 0.6 is 45.2 Å². The van der Waals surface area contributed by atoms with Crippen LogP contribution in [0, 0.1) is 13.1 Å². The number of anilines is 1. The average molecular weight is 851 g/mol. The number of nitrogens with zero attached hydrogens (tertiary/aromatic N) is 2. The highest BCUT2D eigenvalue weighted by atomic mass is 127. The van der Waals surface area contributed by atoms with Crippen LogP contribution in [-0.4, -0.2) is 62.3 Å². The van der Waals surface area contributed by atoms with E-state index in [9.17, 15) is 14.7 Å². The highest BCUT2D eigenvalue weighted by Crippen LogP contribution is 2.60. The largest absolute Gasteiger partial charge is 0.497 e. The van der Waals surface area contributed by atoms with Crippen molar-refractivity contribution in [3.63, 3.8) is 0 Å².